The van der Waals surface area contributed by atoms with E-state index in [0.29, 0.717) is 5.52 Å². The van der Waals surface area contributed by atoms with E-state index >= 15 is 0 Å². The molecule has 1 aliphatic heterocycles. The predicted molar refractivity (Wildman–Crippen MR) is 127 cm³/mol. The Morgan fingerprint density at radius 1 is 1.35 bits per heavy atom. The third-order valence-electron chi connectivity index (χ3n) is 5.76. The molecule has 0 bridgehead atoms. The summed E-state index contributed by atoms with van der Waals surface area (Å²) in [5.74, 6) is -0.428. The molecule has 1 fully saturated rings. The van der Waals surface area contributed by atoms with E-state index < -0.39 is 50.3 Å². The van der Waals surface area contributed by atoms with Crippen LogP contribution < -0.4 is 15.3 Å². The van der Waals surface area contributed by atoms with Crippen LogP contribution in [0.4, 0.5) is 5.82 Å². The van der Waals surface area contributed by atoms with Gasteiger partial charge in [-0.25, -0.2) is 14.1 Å². The molecule has 0 amide bonds. The first-order valence-corrected chi connectivity index (χ1v) is 12.6. The Hall–Kier alpha value is -3.57. The van der Waals surface area contributed by atoms with Crippen LogP contribution >= 0.6 is 7.75 Å². The van der Waals surface area contributed by atoms with Crippen molar-refractivity contribution in [1.82, 2.24) is 19.7 Å². The molecular formula is C22H25N6O8P. The lowest BCUT2D eigenvalue weighted by Gasteiger charge is -2.28. The number of esters is 1. The maximum atomic E-state index is 13.6. The van der Waals surface area contributed by atoms with Crippen molar-refractivity contribution in [2.75, 3.05) is 19.5 Å². The molecule has 5 N–H and O–H groups in total. The highest BCUT2D eigenvalue weighted by Crippen LogP contribution is 2.48. The average molecular weight is 532 g/mol. The van der Waals surface area contributed by atoms with Crippen LogP contribution in [0.5, 0.6) is 5.75 Å². The molecule has 0 radical (unpaired) electrons. The number of anilines is 1. The van der Waals surface area contributed by atoms with Gasteiger partial charge in [0.05, 0.1) is 12.8 Å². The highest BCUT2D eigenvalue weighted by molar-refractivity contribution is 7.52. The summed E-state index contributed by atoms with van der Waals surface area (Å²) in [5, 5.41) is 38.1. The first-order valence-electron chi connectivity index (χ1n) is 11.0. The summed E-state index contributed by atoms with van der Waals surface area (Å²) < 4.78 is 36.5. The Kier molecular flexibility index (Phi) is 7.47. The molecule has 6 atom stereocenters. The van der Waals surface area contributed by atoms with Crippen molar-refractivity contribution in [3.63, 3.8) is 0 Å². The summed E-state index contributed by atoms with van der Waals surface area (Å²) in [5.41, 5.74) is 4.40. The van der Waals surface area contributed by atoms with E-state index in [1.165, 1.54) is 29.9 Å². The minimum absolute atomic E-state index is 0.143. The second-order valence-corrected chi connectivity index (χ2v) is 9.92. The molecule has 0 unspecified atom stereocenters. The summed E-state index contributed by atoms with van der Waals surface area (Å²) in [4.78, 5) is 15.8. The first-order chi connectivity index (χ1) is 17.6. The van der Waals surface area contributed by atoms with Crippen molar-refractivity contribution < 1.29 is 38.1 Å². The third kappa shape index (κ3) is 5.14. The molecule has 3 aromatic rings. The predicted octanol–water partition coefficient (Wildman–Crippen LogP) is 0.722. The summed E-state index contributed by atoms with van der Waals surface area (Å²) in [6.45, 7) is 0.575. The van der Waals surface area contributed by atoms with Gasteiger partial charge in [0, 0.05) is 0 Å². The van der Waals surface area contributed by atoms with Gasteiger partial charge in [-0.1, -0.05) is 18.2 Å². The highest BCUT2D eigenvalue weighted by Gasteiger charge is 2.57. The second kappa shape index (κ2) is 10.4. The Morgan fingerprint density at radius 3 is 2.76 bits per heavy atom. The molecule has 0 spiro atoms. The van der Waals surface area contributed by atoms with Gasteiger partial charge in [-0.15, -0.1) is 0 Å². The van der Waals surface area contributed by atoms with Gasteiger partial charge in [-0.2, -0.15) is 15.4 Å². The molecule has 0 saturated carbocycles. The third-order valence-corrected chi connectivity index (χ3v) is 7.39. The lowest BCUT2D eigenvalue weighted by atomic mass is 9.96. The molecule has 4 rings (SSSR count). The van der Waals surface area contributed by atoms with Crippen LogP contribution in [-0.2, 0) is 23.4 Å². The summed E-state index contributed by atoms with van der Waals surface area (Å²) in [7, 11) is -3.21. The van der Waals surface area contributed by atoms with Crippen molar-refractivity contribution in [1.29, 1.82) is 5.26 Å². The molecule has 1 aromatic carbocycles. The standard InChI is InChI=1S/C22H25N6O8P/c1-13(21(31)33-2)27-37(32,36-14-6-4-3-5-7-14)34-11-22(10-23)19(30)17(29)18(35-22)15-8-9-16-20(24)25-12-26-28(15)16/h3-9,12-13,17-19,29-30H,11H2,1-2H3,(H,27,32)(H2,24,25,26)/t13-,17-,18-,19-,22+,37-/m0/s1. The van der Waals surface area contributed by atoms with Gasteiger partial charge in [0.1, 0.15) is 54.6 Å². The maximum absolute atomic E-state index is 13.6. The Labute approximate surface area is 211 Å². The van der Waals surface area contributed by atoms with Crippen molar-refractivity contribution in [3.8, 4) is 11.8 Å². The van der Waals surface area contributed by atoms with Gasteiger partial charge in [0.2, 0.25) is 5.60 Å². The second-order valence-electron chi connectivity index (χ2n) is 8.22. The zero-order valence-corrected chi connectivity index (χ0v) is 20.7. The Bertz CT molecular complexity index is 1360. The molecular weight excluding hydrogens is 507 g/mol. The zero-order chi connectivity index (χ0) is 26.8. The molecule has 2 aromatic heterocycles. The van der Waals surface area contributed by atoms with E-state index in [1.807, 2.05) is 6.07 Å². The summed E-state index contributed by atoms with van der Waals surface area (Å²) in [6.07, 6.45) is -3.40. The Balaban J connectivity index is 1.60. The fourth-order valence-electron chi connectivity index (χ4n) is 3.83. The van der Waals surface area contributed by atoms with Gasteiger partial charge < -0.3 is 29.9 Å². The lowest BCUT2D eigenvalue weighted by Crippen LogP contribution is -2.46. The van der Waals surface area contributed by atoms with Crippen LogP contribution in [-0.4, -0.2) is 68.3 Å². The quantitative estimate of drug-likeness (QED) is 0.222. The smallest absolute Gasteiger partial charge is 0.459 e. The summed E-state index contributed by atoms with van der Waals surface area (Å²) in [6, 6.07) is 11.8. The average Bonchev–Trinajstić information content (AvgIpc) is 3.43. The zero-order valence-electron chi connectivity index (χ0n) is 19.8. The minimum atomic E-state index is -4.36. The number of nitrogens with zero attached hydrogens (tertiary/aromatic N) is 4. The number of para-hydroxylation sites is 1. The number of nitrogens with one attached hydrogen (secondary N) is 1. The number of nitriles is 1. The fraction of sp³-hybridized carbons (Fsp3) is 0.364. The molecule has 37 heavy (non-hydrogen) atoms. The number of aliphatic hydroxyl groups is 2. The van der Waals surface area contributed by atoms with Gasteiger partial charge in [-0.05, 0) is 31.2 Å². The van der Waals surface area contributed by atoms with Crippen LogP contribution in [0.15, 0.2) is 48.8 Å². The van der Waals surface area contributed by atoms with Gasteiger partial charge in [0.25, 0.3) is 0 Å². The number of nitrogen functional groups attached to an aromatic ring is 1. The van der Waals surface area contributed by atoms with Crippen molar-refractivity contribution in [2.24, 2.45) is 0 Å². The molecule has 3 heterocycles. The highest BCUT2D eigenvalue weighted by atomic mass is 31.2. The van der Waals surface area contributed by atoms with Crippen LogP contribution in [0.25, 0.3) is 5.52 Å². The molecule has 14 nitrogen and oxygen atoms in total. The maximum Gasteiger partial charge on any atom is 0.459 e. The number of benzene rings is 1. The molecule has 15 heteroatoms. The molecule has 196 valence electrons. The van der Waals surface area contributed by atoms with Crippen LogP contribution in [0.1, 0.15) is 18.7 Å². The van der Waals surface area contributed by atoms with Crippen molar-refractivity contribution in [3.05, 3.63) is 54.5 Å². The van der Waals surface area contributed by atoms with Crippen molar-refractivity contribution >= 4 is 25.1 Å². The number of nitrogens with two attached hydrogens (primary N) is 1. The number of hydrogen-bond donors (Lipinski definition) is 4. The fourth-order valence-corrected chi connectivity index (χ4v) is 5.35. The number of fused-ring (bicyclic) bond motifs is 1. The minimum Gasteiger partial charge on any atom is -0.468 e. The van der Waals surface area contributed by atoms with Crippen LogP contribution in [0.3, 0.4) is 0 Å². The SMILES string of the molecule is COC(=O)[C@H](C)N[P@](=O)(OC[C@@]1(C#N)O[C@@H](c2ccc3c(N)ncnn23)[C@H](O)[C@@H]1O)Oc1ccccc1. The van der Waals surface area contributed by atoms with E-state index in [-0.39, 0.29) is 17.3 Å². The van der Waals surface area contributed by atoms with Gasteiger partial charge in [0.15, 0.2) is 5.82 Å². The number of aliphatic hydroxyl groups excluding tert-OH is 2. The van der Waals surface area contributed by atoms with E-state index in [2.05, 4.69) is 19.9 Å². The van der Waals surface area contributed by atoms with Gasteiger partial charge in [-0.3, -0.25) is 9.32 Å². The molecule has 1 saturated heterocycles. The first kappa shape index (κ1) is 26.5. The van der Waals surface area contributed by atoms with Crippen molar-refractivity contribution in [2.45, 2.75) is 36.9 Å². The largest absolute Gasteiger partial charge is 0.468 e. The number of carbonyl (C=O) groups excluding carboxylic acids is 1. The molecule has 0 aliphatic carbocycles. The van der Waals surface area contributed by atoms with E-state index in [1.54, 1.807) is 30.3 Å². The van der Waals surface area contributed by atoms with E-state index in [4.69, 9.17) is 19.5 Å². The monoisotopic (exact) mass is 532 g/mol. The number of carbonyl (C=O) groups is 1. The number of methoxy groups -OCH3 is 1. The number of ether oxygens (including phenoxy) is 2. The Morgan fingerprint density at radius 2 is 2.08 bits per heavy atom. The van der Waals surface area contributed by atoms with Gasteiger partial charge >= 0.3 is 13.7 Å². The van der Waals surface area contributed by atoms with Crippen LogP contribution in [0.2, 0.25) is 0 Å². The van der Waals surface area contributed by atoms with E-state index in [9.17, 15) is 24.8 Å². The number of aromatic nitrogens is 3. The molecule has 1 aliphatic rings. The number of rotatable bonds is 9. The summed E-state index contributed by atoms with van der Waals surface area (Å²) >= 11 is 0. The normalized spacial score (nSPS) is 25.8. The topological polar surface area (TPSA) is 204 Å². The van der Waals surface area contributed by atoms with Crippen LogP contribution in [0, 0.1) is 11.3 Å². The number of hydrogen-bond acceptors (Lipinski definition) is 12. The van der Waals surface area contributed by atoms with E-state index in [0.717, 1.165) is 7.11 Å². The lowest BCUT2D eigenvalue weighted by molar-refractivity contribution is -0.142.